The predicted molar refractivity (Wildman–Crippen MR) is 52.4 cm³/mol. The third kappa shape index (κ3) is 7.97. The van der Waals surface area contributed by atoms with Crippen LogP contribution in [0.4, 0.5) is 0 Å². The van der Waals surface area contributed by atoms with Gasteiger partial charge in [0.1, 0.15) is 0 Å². The Balaban J connectivity index is 3.54. The van der Waals surface area contributed by atoms with Gasteiger partial charge < -0.3 is 4.43 Å². The highest BCUT2D eigenvalue weighted by Crippen LogP contribution is 2.02. The van der Waals surface area contributed by atoms with Crippen molar-refractivity contribution in [3.63, 3.8) is 0 Å². The van der Waals surface area contributed by atoms with Gasteiger partial charge in [-0.25, -0.2) is 0 Å². The Hall–Kier alpha value is -0.0262. The molecule has 0 aromatic rings. The van der Waals surface area contributed by atoms with Gasteiger partial charge in [-0.2, -0.15) is 0 Å². The zero-order chi connectivity index (χ0) is 8.20. The topological polar surface area (TPSA) is 9.23 Å². The largest absolute Gasteiger partial charge is 0.550 e. The summed E-state index contributed by atoms with van der Waals surface area (Å²) in [5, 5.41) is 0. The maximum absolute atomic E-state index is 5.53. The number of rotatable bonds is 3. The zero-order valence-electron chi connectivity index (χ0n) is 7.64. The summed E-state index contributed by atoms with van der Waals surface area (Å²) in [7, 11) is -1.83. The molecule has 0 aliphatic carbocycles. The van der Waals surface area contributed by atoms with Crippen molar-refractivity contribution in [2.45, 2.75) is 32.7 Å². The summed E-state index contributed by atoms with van der Waals surface area (Å²) >= 11 is 0. The SMILES string of the molecule is C[SiH](C)C=CO[Si](C)(C)C. The van der Waals surface area contributed by atoms with Gasteiger partial charge in [0.05, 0.1) is 15.1 Å². The molecule has 0 amide bonds. The lowest BCUT2D eigenvalue weighted by Gasteiger charge is -2.14. The van der Waals surface area contributed by atoms with Crippen LogP contribution in [0.25, 0.3) is 0 Å². The first-order chi connectivity index (χ1) is 4.42. The molecule has 0 bridgehead atoms. The molecule has 0 spiro atoms. The van der Waals surface area contributed by atoms with Crippen molar-refractivity contribution in [1.82, 2.24) is 0 Å². The molecule has 0 N–H and O–H groups in total. The fourth-order valence-corrected chi connectivity index (χ4v) is 1.44. The normalized spacial score (nSPS) is 13.0. The molecule has 3 heteroatoms. The molecule has 10 heavy (non-hydrogen) atoms. The van der Waals surface area contributed by atoms with E-state index in [4.69, 9.17) is 4.43 Å². The van der Waals surface area contributed by atoms with Crippen LogP contribution in [0.15, 0.2) is 12.0 Å². The van der Waals surface area contributed by atoms with Crippen molar-refractivity contribution in [3.05, 3.63) is 12.0 Å². The van der Waals surface area contributed by atoms with Gasteiger partial charge in [0.25, 0.3) is 0 Å². The average Bonchev–Trinajstić information content (AvgIpc) is 1.59. The third-order valence-corrected chi connectivity index (χ3v) is 2.66. The van der Waals surface area contributed by atoms with Crippen LogP contribution in [-0.2, 0) is 4.43 Å². The van der Waals surface area contributed by atoms with Crippen LogP contribution in [-0.4, -0.2) is 17.1 Å². The zero-order valence-corrected chi connectivity index (χ0v) is 9.79. The molecule has 0 unspecified atom stereocenters. The molecule has 0 saturated carbocycles. The number of hydrogen-bond acceptors (Lipinski definition) is 1. The van der Waals surface area contributed by atoms with E-state index in [9.17, 15) is 0 Å². The van der Waals surface area contributed by atoms with E-state index in [1.807, 2.05) is 6.26 Å². The highest BCUT2D eigenvalue weighted by Gasteiger charge is 2.12. The molecule has 0 radical (unpaired) electrons. The van der Waals surface area contributed by atoms with Crippen LogP contribution in [0.2, 0.25) is 32.7 Å². The summed E-state index contributed by atoms with van der Waals surface area (Å²) in [6, 6.07) is 0. The van der Waals surface area contributed by atoms with Crippen molar-refractivity contribution < 1.29 is 4.43 Å². The highest BCUT2D eigenvalue weighted by atomic mass is 28.4. The van der Waals surface area contributed by atoms with Gasteiger partial charge in [0, 0.05) is 0 Å². The monoisotopic (exact) mass is 174 g/mol. The molecule has 0 saturated heterocycles. The lowest BCUT2D eigenvalue weighted by Crippen LogP contribution is -2.22. The molecular formula is C7H18OSi2. The second-order valence-corrected chi connectivity index (χ2v) is 11.1. The molecule has 0 atom stereocenters. The van der Waals surface area contributed by atoms with Crippen molar-refractivity contribution in [2.75, 3.05) is 0 Å². The van der Waals surface area contributed by atoms with E-state index in [1.165, 1.54) is 0 Å². The number of hydrogen-bond donors (Lipinski definition) is 0. The molecule has 0 aliphatic heterocycles. The van der Waals surface area contributed by atoms with E-state index in [-0.39, 0.29) is 0 Å². The van der Waals surface area contributed by atoms with Crippen molar-refractivity contribution in [1.29, 1.82) is 0 Å². The van der Waals surface area contributed by atoms with Crippen LogP contribution >= 0.6 is 0 Å². The minimum Gasteiger partial charge on any atom is -0.550 e. The molecule has 1 nitrogen and oxygen atoms in total. The third-order valence-electron chi connectivity index (χ3n) is 0.885. The van der Waals surface area contributed by atoms with Gasteiger partial charge in [0.2, 0.25) is 8.32 Å². The van der Waals surface area contributed by atoms with Crippen LogP contribution in [0.5, 0.6) is 0 Å². The Morgan fingerprint density at radius 1 is 1.20 bits per heavy atom. The summed E-state index contributed by atoms with van der Waals surface area (Å²) in [5.74, 6) is 0. The summed E-state index contributed by atoms with van der Waals surface area (Å²) in [4.78, 5) is 0. The first-order valence-electron chi connectivity index (χ1n) is 3.76. The molecule has 0 heterocycles. The molecule has 0 rings (SSSR count). The molecule has 0 aliphatic rings. The van der Waals surface area contributed by atoms with Crippen molar-refractivity contribution >= 4 is 17.1 Å². The van der Waals surface area contributed by atoms with Gasteiger partial charge in [-0.05, 0) is 19.6 Å². The summed E-state index contributed by atoms with van der Waals surface area (Å²) in [6.45, 7) is 11.1. The van der Waals surface area contributed by atoms with Crippen LogP contribution in [0.3, 0.4) is 0 Å². The maximum Gasteiger partial charge on any atom is 0.241 e. The minimum absolute atomic E-state index is 0.543. The summed E-state index contributed by atoms with van der Waals surface area (Å²) < 4.78 is 5.53. The average molecular weight is 174 g/mol. The second kappa shape index (κ2) is 3.98. The quantitative estimate of drug-likeness (QED) is 0.471. The smallest absolute Gasteiger partial charge is 0.241 e. The first kappa shape index (κ1) is 9.97. The molecule has 0 aromatic heterocycles. The fraction of sp³-hybridized carbons (Fsp3) is 0.714. The summed E-state index contributed by atoms with van der Waals surface area (Å²) in [6.07, 6.45) is 1.91. The Morgan fingerprint density at radius 2 is 1.70 bits per heavy atom. The molecule has 0 aromatic carbocycles. The summed E-state index contributed by atoms with van der Waals surface area (Å²) in [5.41, 5.74) is 2.22. The van der Waals surface area contributed by atoms with Gasteiger partial charge in [-0.15, -0.1) is 0 Å². The van der Waals surface area contributed by atoms with Crippen LogP contribution < -0.4 is 0 Å². The van der Waals surface area contributed by atoms with Gasteiger partial charge in [-0.3, -0.25) is 0 Å². The minimum atomic E-state index is -1.29. The molecular weight excluding hydrogens is 156 g/mol. The van der Waals surface area contributed by atoms with E-state index in [2.05, 4.69) is 38.4 Å². The van der Waals surface area contributed by atoms with Crippen LogP contribution in [0.1, 0.15) is 0 Å². The lowest BCUT2D eigenvalue weighted by molar-refractivity contribution is 0.480. The van der Waals surface area contributed by atoms with E-state index >= 15 is 0 Å². The van der Waals surface area contributed by atoms with Gasteiger partial charge >= 0.3 is 0 Å². The van der Waals surface area contributed by atoms with E-state index in [0.29, 0.717) is 0 Å². The molecule has 60 valence electrons. The Morgan fingerprint density at radius 3 is 2.00 bits per heavy atom. The standard InChI is InChI=1S/C7H18OSi2/c1-9(2)7-6-8-10(3,4)5/h6-7,9H,1-5H3. The first-order valence-corrected chi connectivity index (χ1v) is 10.1. The van der Waals surface area contributed by atoms with Crippen molar-refractivity contribution in [3.8, 4) is 0 Å². The van der Waals surface area contributed by atoms with E-state index < -0.39 is 17.1 Å². The highest BCUT2D eigenvalue weighted by molar-refractivity contribution is 6.70. The lowest BCUT2D eigenvalue weighted by atomic mass is 11.2. The van der Waals surface area contributed by atoms with Crippen LogP contribution in [0, 0.1) is 0 Å². The Labute approximate surface area is 66.8 Å². The Kier molecular flexibility index (Phi) is 3.97. The maximum atomic E-state index is 5.53. The second-order valence-electron chi connectivity index (χ2n) is 3.80. The van der Waals surface area contributed by atoms with Gasteiger partial charge in [-0.1, -0.05) is 18.8 Å². The van der Waals surface area contributed by atoms with Crippen molar-refractivity contribution in [2.24, 2.45) is 0 Å². The Bertz CT molecular complexity index is 113. The predicted octanol–water partition coefficient (Wildman–Crippen LogP) is 2.38. The fourth-order valence-electron chi connectivity index (χ4n) is 0.401. The van der Waals surface area contributed by atoms with E-state index in [0.717, 1.165) is 0 Å². The molecule has 0 fully saturated rings. The van der Waals surface area contributed by atoms with E-state index in [1.54, 1.807) is 0 Å². The van der Waals surface area contributed by atoms with Gasteiger partial charge in [0.15, 0.2) is 0 Å².